The van der Waals surface area contributed by atoms with Gasteiger partial charge in [0, 0.05) is 19.2 Å². The number of hydrogen-bond acceptors (Lipinski definition) is 4. The van der Waals surface area contributed by atoms with E-state index >= 15 is 0 Å². The molecule has 2 N–H and O–H groups in total. The molecule has 0 atom stereocenters. The molecule has 0 aliphatic rings. The van der Waals surface area contributed by atoms with Crippen LogP contribution in [0.1, 0.15) is 51.6 Å². The third-order valence-corrected chi connectivity index (χ3v) is 2.89. The average molecular weight is 304 g/mol. The van der Waals surface area contributed by atoms with Crippen molar-refractivity contribution in [1.29, 1.82) is 0 Å². The van der Waals surface area contributed by atoms with E-state index in [1.54, 1.807) is 0 Å². The molecule has 21 heavy (non-hydrogen) atoms. The van der Waals surface area contributed by atoms with Crippen LogP contribution in [0.2, 0.25) is 0 Å². The van der Waals surface area contributed by atoms with Crippen molar-refractivity contribution in [2.75, 3.05) is 23.7 Å². The maximum Gasteiger partial charge on any atom is 0.433 e. The zero-order chi connectivity index (χ0) is 15.7. The van der Waals surface area contributed by atoms with E-state index in [9.17, 15) is 13.2 Å². The van der Waals surface area contributed by atoms with Gasteiger partial charge in [0.15, 0.2) is 5.69 Å². The molecule has 1 aromatic rings. The van der Waals surface area contributed by atoms with E-state index in [0.29, 0.717) is 13.1 Å². The van der Waals surface area contributed by atoms with Crippen LogP contribution in [0.3, 0.4) is 0 Å². The Morgan fingerprint density at radius 3 is 2.33 bits per heavy atom. The highest BCUT2D eigenvalue weighted by atomic mass is 19.4. The molecule has 4 nitrogen and oxygen atoms in total. The fourth-order valence-electron chi connectivity index (χ4n) is 1.77. The van der Waals surface area contributed by atoms with Crippen LogP contribution in [0.4, 0.5) is 24.9 Å². The smallest absolute Gasteiger partial charge is 0.370 e. The third kappa shape index (κ3) is 6.64. The fourth-order valence-corrected chi connectivity index (χ4v) is 1.77. The lowest BCUT2D eigenvalue weighted by molar-refractivity contribution is -0.141. The molecule has 0 aliphatic carbocycles. The molecule has 0 saturated carbocycles. The summed E-state index contributed by atoms with van der Waals surface area (Å²) in [7, 11) is 0. The summed E-state index contributed by atoms with van der Waals surface area (Å²) < 4.78 is 38.4. The van der Waals surface area contributed by atoms with Crippen molar-refractivity contribution in [1.82, 2.24) is 9.97 Å². The second-order valence-corrected chi connectivity index (χ2v) is 4.87. The van der Waals surface area contributed by atoms with Gasteiger partial charge in [-0.05, 0) is 12.8 Å². The van der Waals surface area contributed by atoms with Crippen molar-refractivity contribution in [3.8, 4) is 0 Å². The number of aromatic nitrogens is 2. The molecule has 0 fully saturated rings. The van der Waals surface area contributed by atoms with Crippen molar-refractivity contribution in [3.05, 3.63) is 11.8 Å². The van der Waals surface area contributed by atoms with Crippen molar-refractivity contribution in [2.45, 2.75) is 52.1 Å². The molecule has 0 saturated heterocycles. The molecule has 0 radical (unpaired) electrons. The number of hydrogen-bond donors (Lipinski definition) is 2. The molecule has 0 amide bonds. The Morgan fingerprint density at radius 2 is 1.71 bits per heavy atom. The molecular formula is C14H23F3N4. The van der Waals surface area contributed by atoms with Gasteiger partial charge in [0.05, 0.1) is 0 Å². The maximum absolute atomic E-state index is 12.8. The predicted molar refractivity (Wildman–Crippen MR) is 78.4 cm³/mol. The van der Waals surface area contributed by atoms with Crippen LogP contribution >= 0.6 is 0 Å². The summed E-state index contributed by atoms with van der Waals surface area (Å²) in [4.78, 5) is 7.58. The summed E-state index contributed by atoms with van der Waals surface area (Å²) in [5.74, 6) is 0.232. The topological polar surface area (TPSA) is 49.8 Å². The molecule has 1 aromatic heterocycles. The van der Waals surface area contributed by atoms with Crippen molar-refractivity contribution in [2.24, 2.45) is 0 Å². The second-order valence-electron chi connectivity index (χ2n) is 4.87. The zero-order valence-corrected chi connectivity index (χ0v) is 12.6. The third-order valence-electron chi connectivity index (χ3n) is 2.89. The Hall–Kier alpha value is -1.53. The zero-order valence-electron chi connectivity index (χ0n) is 12.6. The van der Waals surface area contributed by atoms with E-state index in [2.05, 4.69) is 27.5 Å². The van der Waals surface area contributed by atoms with E-state index in [4.69, 9.17) is 0 Å². The van der Waals surface area contributed by atoms with Gasteiger partial charge in [0.1, 0.15) is 5.82 Å². The summed E-state index contributed by atoms with van der Waals surface area (Å²) in [5.41, 5.74) is -0.924. The standard InChI is InChI=1S/C14H23F3N4/c1-3-5-6-7-9-18-12-10-11(14(15,16)17)20-13(21-12)19-8-4-2/h10H,3-9H2,1-2H3,(H2,18,19,20,21). The van der Waals surface area contributed by atoms with E-state index in [0.717, 1.165) is 38.2 Å². The Balaban J connectivity index is 2.72. The normalized spacial score (nSPS) is 11.5. The van der Waals surface area contributed by atoms with Crippen molar-refractivity contribution in [3.63, 3.8) is 0 Å². The maximum atomic E-state index is 12.8. The van der Waals surface area contributed by atoms with Gasteiger partial charge in [0.2, 0.25) is 5.95 Å². The van der Waals surface area contributed by atoms with Gasteiger partial charge in [-0.3, -0.25) is 0 Å². The summed E-state index contributed by atoms with van der Waals surface area (Å²) >= 11 is 0. The number of halogens is 3. The van der Waals surface area contributed by atoms with Crippen LogP contribution in [-0.4, -0.2) is 23.1 Å². The minimum Gasteiger partial charge on any atom is -0.370 e. The number of anilines is 2. The molecule has 0 aliphatic heterocycles. The molecule has 0 bridgehead atoms. The van der Waals surface area contributed by atoms with Gasteiger partial charge in [-0.2, -0.15) is 18.2 Å². The highest BCUT2D eigenvalue weighted by molar-refractivity contribution is 5.43. The Kier molecular flexibility index (Phi) is 7.25. The first kappa shape index (κ1) is 17.5. The lowest BCUT2D eigenvalue weighted by Gasteiger charge is -2.12. The van der Waals surface area contributed by atoms with E-state index in [-0.39, 0.29) is 11.8 Å². The summed E-state index contributed by atoms with van der Waals surface area (Å²) in [6, 6.07) is 0.955. The molecular weight excluding hydrogens is 281 g/mol. The number of rotatable bonds is 9. The number of nitrogens with zero attached hydrogens (tertiary/aromatic N) is 2. The highest BCUT2D eigenvalue weighted by Gasteiger charge is 2.33. The van der Waals surface area contributed by atoms with Gasteiger partial charge in [0.25, 0.3) is 0 Å². The highest BCUT2D eigenvalue weighted by Crippen LogP contribution is 2.29. The van der Waals surface area contributed by atoms with Crippen LogP contribution in [0, 0.1) is 0 Å². The number of nitrogens with one attached hydrogen (secondary N) is 2. The van der Waals surface area contributed by atoms with E-state index in [1.807, 2.05) is 6.92 Å². The van der Waals surface area contributed by atoms with Crippen LogP contribution in [0.15, 0.2) is 6.07 Å². The second kappa shape index (κ2) is 8.69. The molecule has 1 rings (SSSR count). The monoisotopic (exact) mass is 304 g/mol. The number of alkyl halides is 3. The SMILES string of the molecule is CCCCCCNc1cc(C(F)(F)F)nc(NCCC)n1. The number of unbranched alkanes of at least 4 members (excludes halogenated alkanes) is 3. The van der Waals surface area contributed by atoms with Gasteiger partial charge in [-0.15, -0.1) is 0 Å². The van der Waals surface area contributed by atoms with E-state index < -0.39 is 11.9 Å². The lowest BCUT2D eigenvalue weighted by atomic mass is 10.2. The molecule has 0 spiro atoms. The first-order valence-corrected chi connectivity index (χ1v) is 7.41. The minimum absolute atomic E-state index is 0.0164. The van der Waals surface area contributed by atoms with E-state index in [1.165, 1.54) is 0 Å². The van der Waals surface area contributed by atoms with Gasteiger partial charge in [-0.1, -0.05) is 33.1 Å². The molecule has 0 aromatic carbocycles. The first-order valence-electron chi connectivity index (χ1n) is 7.41. The van der Waals surface area contributed by atoms with Crippen LogP contribution in [-0.2, 0) is 6.18 Å². The summed E-state index contributed by atoms with van der Waals surface area (Å²) in [6.45, 7) is 5.19. The van der Waals surface area contributed by atoms with Gasteiger partial charge in [-0.25, -0.2) is 4.98 Å². The Morgan fingerprint density at radius 1 is 0.952 bits per heavy atom. The minimum atomic E-state index is -4.47. The fraction of sp³-hybridized carbons (Fsp3) is 0.714. The van der Waals surface area contributed by atoms with Crippen molar-refractivity contribution >= 4 is 11.8 Å². The average Bonchev–Trinajstić information content (AvgIpc) is 2.44. The largest absolute Gasteiger partial charge is 0.433 e. The molecule has 0 unspecified atom stereocenters. The van der Waals surface area contributed by atoms with Crippen LogP contribution < -0.4 is 10.6 Å². The van der Waals surface area contributed by atoms with Crippen LogP contribution in [0.25, 0.3) is 0 Å². The summed E-state index contributed by atoms with van der Waals surface area (Å²) in [6.07, 6.45) is 0.543. The predicted octanol–water partition coefficient (Wildman–Crippen LogP) is 4.31. The van der Waals surface area contributed by atoms with Gasteiger partial charge < -0.3 is 10.6 Å². The molecule has 7 heteroatoms. The first-order chi connectivity index (χ1) is 9.97. The van der Waals surface area contributed by atoms with Crippen molar-refractivity contribution < 1.29 is 13.2 Å². The lowest BCUT2D eigenvalue weighted by Crippen LogP contribution is -2.15. The quantitative estimate of drug-likeness (QED) is 0.667. The molecule has 1 heterocycles. The summed E-state index contributed by atoms with van der Waals surface area (Å²) in [5, 5.41) is 5.74. The van der Waals surface area contributed by atoms with Gasteiger partial charge >= 0.3 is 6.18 Å². The Labute approximate surface area is 123 Å². The molecule has 120 valence electrons. The Bertz CT molecular complexity index is 421. The van der Waals surface area contributed by atoms with Crippen LogP contribution in [0.5, 0.6) is 0 Å².